The molecule has 0 saturated carbocycles. The number of amides is 1. The van der Waals surface area contributed by atoms with Gasteiger partial charge in [0.1, 0.15) is 46.6 Å². The van der Waals surface area contributed by atoms with Crippen molar-refractivity contribution in [3.8, 4) is 23.2 Å². The topological polar surface area (TPSA) is 130 Å². The van der Waals surface area contributed by atoms with E-state index in [9.17, 15) is 19.2 Å². The maximum atomic E-state index is 17.3. The van der Waals surface area contributed by atoms with Crippen molar-refractivity contribution in [2.24, 2.45) is 5.92 Å². The molecule has 16 heteroatoms. The van der Waals surface area contributed by atoms with Crippen LogP contribution >= 0.6 is 22.9 Å². The highest BCUT2D eigenvalue weighted by Gasteiger charge is 2.49. The summed E-state index contributed by atoms with van der Waals surface area (Å²) in [6, 6.07) is 5.95. The summed E-state index contributed by atoms with van der Waals surface area (Å²) in [6.07, 6.45) is 1.85. The van der Waals surface area contributed by atoms with Gasteiger partial charge in [0.25, 0.3) is 0 Å². The SMILES string of the molecule is COC(=O)[C@H]1CCCN(c2nc(OC[C@@]34CCCN3C[C@H](F)C4)nc3c(F)c(-c4ccc(F)c5sc(NC(=O)OC(C)(C)C)c(C#N)c45)c(Cl)cc23)CC1. The van der Waals surface area contributed by atoms with Gasteiger partial charge in [0.2, 0.25) is 0 Å². The Bertz CT molecular complexity index is 2190. The number of thiophene rings is 1. The molecule has 0 unspecified atom stereocenters. The van der Waals surface area contributed by atoms with Crippen molar-refractivity contribution < 1.29 is 37.0 Å². The van der Waals surface area contributed by atoms with Gasteiger partial charge in [-0.25, -0.2) is 18.0 Å². The first kappa shape index (κ1) is 37.9. The van der Waals surface area contributed by atoms with Crippen LogP contribution in [0.4, 0.5) is 28.8 Å². The van der Waals surface area contributed by atoms with Gasteiger partial charge in [0.05, 0.1) is 33.9 Å². The number of ether oxygens (including phenoxy) is 3. The van der Waals surface area contributed by atoms with Crippen LogP contribution in [0.25, 0.3) is 32.1 Å². The Hall–Kier alpha value is -4.39. The summed E-state index contributed by atoms with van der Waals surface area (Å²) < 4.78 is 63.9. The summed E-state index contributed by atoms with van der Waals surface area (Å²) in [5, 5.41) is 13.1. The number of nitrogens with zero attached hydrogens (tertiary/aromatic N) is 5. The van der Waals surface area contributed by atoms with E-state index in [2.05, 4.69) is 15.2 Å². The van der Waals surface area contributed by atoms with Gasteiger partial charge in [0, 0.05) is 42.4 Å². The van der Waals surface area contributed by atoms with Gasteiger partial charge in [-0.15, -0.1) is 11.3 Å². The third-order valence-corrected chi connectivity index (χ3v) is 11.8. The maximum Gasteiger partial charge on any atom is 0.412 e. The summed E-state index contributed by atoms with van der Waals surface area (Å²) in [5.74, 6) is -1.79. The first-order valence-corrected chi connectivity index (χ1v) is 19.1. The van der Waals surface area contributed by atoms with Crippen LogP contribution in [0.3, 0.4) is 0 Å². The molecule has 54 heavy (non-hydrogen) atoms. The number of hydrogen-bond donors (Lipinski definition) is 1. The predicted molar refractivity (Wildman–Crippen MR) is 200 cm³/mol. The number of rotatable bonds is 7. The molecule has 0 spiro atoms. The number of anilines is 2. The van der Waals surface area contributed by atoms with Crippen LogP contribution in [-0.4, -0.2) is 84.1 Å². The number of esters is 1. The van der Waals surface area contributed by atoms with E-state index in [-0.39, 0.29) is 72.2 Å². The van der Waals surface area contributed by atoms with Gasteiger partial charge in [-0.3, -0.25) is 15.0 Å². The molecule has 3 aliphatic heterocycles. The van der Waals surface area contributed by atoms with Crippen LogP contribution in [0.5, 0.6) is 6.01 Å². The third-order valence-electron chi connectivity index (χ3n) is 10.4. The summed E-state index contributed by atoms with van der Waals surface area (Å²) in [5.41, 5.74) is -1.60. The Labute approximate surface area is 319 Å². The zero-order chi connectivity index (χ0) is 38.5. The number of methoxy groups -OCH3 is 1. The molecule has 4 aromatic rings. The van der Waals surface area contributed by atoms with E-state index in [4.69, 9.17) is 30.8 Å². The van der Waals surface area contributed by atoms with Gasteiger partial charge in [-0.1, -0.05) is 17.7 Å². The van der Waals surface area contributed by atoms with Gasteiger partial charge >= 0.3 is 18.1 Å². The van der Waals surface area contributed by atoms with Crippen molar-refractivity contribution in [3.63, 3.8) is 0 Å². The van der Waals surface area contributed by atoms with E-state index in [1.807, 2.05) is 11.0 Å². The lowest BCUT2D eigenvalue weighted by Gasteiger charge is -2.31. The number of fused-ring (bicyclic) bond motifs is 3. The van der Waals surface area contributed by atoms with Crippen LogP contribution in [0.15, 0.2) is 18.2 Å². The average Bonchev–Trinajstić information content (AvgIpc) is 3.69. The number of carbonyl (C=O) groups is 2. The highest BCUT2D eigenvalue weighted by Crippen LogP contribution is 2.47. The second kappa shape index (κ2) is 14.7. The van der Waals surface area contributed by atoms with Gasteiger partial charge in [-0.2, -0.15) is 15.2 Å². The highest BCUT2D eigenvalue weighted by molar-refractivity contribution is 7.23. The molecule has 5 heterocycles. The second-order valence-electron chi connectivity index (χ2n) is 15.1. The van der Waals surface area contributed by atoms with E-state index in [0.29, 0.717) is 51.1 Å². The first-order valence-electron chi connectivity index (χ1n) is 17.9. The Morgan fingerprint density at radius 2 is 1.96 bits per heavy atom. The number of nitrogens with one attached hydrogen (secondary N) is 1. The monoisotopic (exact) mass is 784 g/mol. The average molecular weight is 785 g/mol. The van der Waals surface area contributed by atoms with Crippen molar-refractivity contribution in [2.45, 2.75) is 76.6 Å². The lowest BCUT2D eigenvalue weighted by atomic mass is 9.95. The number of alkyl halides is 1. The van der Waals surface area contributed by atoms with E-state index < -0.39 is 35.0 Å². The molecule has 3 saturated heterocycles. The molecule has 0 aliphatic carbocycles. The molecule has 0 radical (unpaired) electrons. The number of halogens is 4. The van der Waals surface area contributed by atoms with Crippen LogP contribution < -0.4 is 15.0 Å². The fourth-order valence-electron chi connectivity index (χ4n) is 8.04. The molecule has 2 aromatic carbocycles. The maximum absolute atomic E-state index is 17.3. The fourth-order valence-corrected chi connectivity index (χ4v) is 9.40. The Morgan fingerprint density at radius 3 is 2.70 bits per heavy atom. The number of carbonyl (C=O) groups excluding carboxylic acids is 2. The molecule has 7 rings (SSSR count). The summed E-state index contributed by atoms with van der Waals surface area (Å²) in [6.45, 7) is 7.13. The quantitative estimate of drug-likeness (QED) is 0.183. The fraction of sp³-hybridized carbons (Fsp3) is 0.500. The van der Waals surface area contributed by atoms with Crippen molar-refractivity contribution in [3.05, 3.63) is 40.4 Å². The minimum atomic E-state index is -0.980. The summed E-state index contributed by atoms with van der Waals surface area (Å²) in [4.78, 5) is 38.5. The normalized spacial score (nSPS) is 21.9. The molecule has 1 N–H and O–H groups in total. The summed E-state index contributed by atoms with van der Waals surface area (Å²) >= 11 is 7.74. The van der Waals surface area contributed by atoms with Crippen molar-refractivity contribution in [2.75, 3.05) is 50.1 Å². The lowest BCUT2D eigenvalue weighted by molar-refractivity contribution is -0.145. The third kappa shape index (κ3) is 7.11. The highest BCUT2D eigenvalue weighted by atomic mass is 35.5. The van der Waals surface area contributed by atoms with E-state index >= 15 is 8.78 Å². The minimum Gasteiger partial charge on any atom is -0.469 e. The number of benzene rings is 2. The number of nitriles is 1. The number of hydrogen-bond acceptors (Lipinski definition) is 11. The molecule has 0 bridgehead atoms. The second-order valence-corrected chi connectivity index (χ2v) is 16.5. The van der Waals surface area contributed by atoms with Crippen LogP contribution in [0, 0.1) is 28.9 Å². The Balaban J connectivity index is 1.35. The van der Waals surface area contributed by atoms with Gasteiger partial charge < -0.3 is 19.1 Å². The van der Waals surface area contributed by atoms with E-state index in [1.54, 1.807) is 20.8 Å². The zero-order valence-corrected chi connectivity index (χ0v) is 31.9. The largest absolute Gasteiger partial charge is 0.469 e. The zero-order valence-electron chi connectivity index (χ0n) is 30.4. The smallest absolute Gasteiger partial charge is 0.412 e. The van der Waals surface area contributed by atoms with E-state index in [1.165, 1.54) is 19.2 Å². The van der Waals surface area contributed by atoms with E-state index in [0.717, 1.165) is 36.8 Å². The van der Waals surface area contributed by atoms with Crippen molar-refractivity contribution in [1.29, 1.82) is 5.26 Å². The molecule has 2 aromatic heterocycles. The Morgan fingerprint density at radius 1 is 1.17 bits per heavy atom. The summed E-state index contributed by atoms with van der Waals surface area (Å²) in [7, 11) is 1.36. The first-order chi connectivity index (χ1) is 25.7. The van der Waals surface area contributed by atoms with Crippen LogP contribution in [0.2, 0.25) is 5.02 Å². The van der Waals surface area contributed by atoms with Gasteiger partial charge in [0.15, 0.2) is 5.82 Å². The molecule has 3 atom stereocenters. The molecule has 3 fully saturated rings. The molecular weight excluding hydrogens is 745 g/mol. The number of aromatic nitrogens is 2. The molecule has 1 amide bonds. The predicted octanol–water partition coefficient (Wildman–Crippen LogP) is 8.40. The minimum absolute atomic E-state index is 0.00547. The molecular formula is C38H40ClF3N6O5S. The Kier molecular flexibility index (Phi) is 10.3. The van der Waals surface area contributed by atoms with Crippen molar-refractivity contribution >= 4 is 66.8 Å². The standard InChI is InChI=1S/C38H40ClF3N6O5S/c1-37(2,3)53-36(50)46-33-24(17-43)27-22(8-9-26(41)31(27)54-33)28-25(39)15-23-30(29(28)42)44-35(52-19-38-11-6-13-48(38)18-21(40)16-38)45-32(23)47-12-5-7-20(10-14-47)34(49)51-4/h8-9,15,20-21H,5-7,10-14,16,18-19H2,1-4H3,(H,46,50)/t20-,21+,38-/m0/s1. The molecule has 11 nitrogen and oxygen atoms in total. The van der Waals surface area contributed by atoms with Crippen molar-refractivity contribution in [1.82, 2.24) is 14.9 Å². The molecule has 286 valence electrons. The lowest BCUT2D eigenvalue weighted by Crippen LogP contribution is -2.43. The van der Waals surface area contributed by atoms with Crippen LogP contribution in [0.1, 0.15) is 64.9 Å². The molecule has 3 aliphatic rings. The van der Waals surface area contributed by atoms with Gasteiger partial charge in [-0.05, 0) is 77.1 Å². The van der Waals surface area contributed by atoms with Crippen LogP contribution in [-0.2, 0) is 14.3 Å².